The first-order chi connectivity index (χ1) is 12.8. The molecule has 2 aliphatic heterocycles. The molecule has 6 heteroatoms. The third kappa shape index (κ3) is 3.35. The molecule has 1 amide bonds. The van der Waals surface area contributed by atoms with Crippen molar-refractivity contribution < 1.29 is 9.78 Å². The van der Waals surface area contributed by atoms with E-state index in [0.717, 1.165) is 17.8 Å². The molecule has 2 aromatic rings. The second kappa shape index (κ2) is 7.23. The van der Waals surface area contributed by atoms with Crippen molar-refractivity contribution in [2.75, 3.05) is 0 Å². The first-order valence-corrected chi connectivity index (χ1v) is 8.58. The maximum absolute atomic E-state index is 12.7. The molecule has 2 aromatic heterocycles. The molecule has 0 aromatic carbocycles. The van der Waals surface area contributed by atoms with E-state index in [0.29, 0.717) is 12.2 Å². The average Bonchev–Trinajstić information content (AvgIpc) is 3.06. The second-order valence-electron chi connectivity index (χ2n) is 6.15. The van der Waals surface area contributed by atoms with Crippen molar-refractivity contribution in [2.24, 2.45) is 0 Å². The first-order valence-electron chi connectivity index (χ1n) is 8.58. The van der Waals surface area contributed by atoms with Gasteiger partial charge in [-0.05, 0) is 30.4 Å². The van der Waals surface area contributed by atoms with Crippen LogP contribution in [0.1, 0.15) is 11.3 Å². The van der Waals surface area contributed by atoms with Crippen LogP contribution >= 0.6 is 0 Å². The molecule has 1 unspecified atom stereocenters. The molecule has 0 saturated carbocycles. The number of hydrogen-bond donors (Lipinski definition) is 2. The zero-order valence-corrected chi connectivity index (χ0v) is 14.2. The highest BCUT2D eigenvalue weighted by Gasteiger charge is 2.33. The fraction of sp³-hybridized carbons (Fsp3) is 0.150. The van der Waals surface area contributed by atoms with Crippen LogP contribution < -0.4 is 15.6 Å². The quantitative estimate of drug-likeness (QED) is 0.856. The van der Waals surface area contributed by atoms with Crippen molar-refractivity contribution in [1.29, 1.82) is 0 Å². The summed E-state index contributed by atoms with van der Waals surface area (Å²) >= 11 is 0. The lowest BCUT2D eigenvalue weighted by Gasteiger charge is -2.25. The Labute approximate surface area is 152 Å². The predicted molar refractivity (Wildman–Crippen MR) is 96.9 cm³/mol. The molecule has 1 atom stereocenters. The van der Waals surface area contributed by atoms with Crippen LogP contribution in [0, 0.1) is 0 Å². The number of nitrogens with zero attached hydrogens (tertiary/aromatic N) is 2. The number of nitrogens with one attached hydrogen (secondary N) is 3. The Bertz CT molecular complexity index is 874. The minimum absolute atomic E-state index is 0.00222. The van der Waals surface area contributed by atoms with Crippen molar-refractivity contribution in [3.63, 3.8) is 0 Å². The smallest absolute Gasteiger partial charge is 0.269 e. The number of allylic oxidation sites excluding steroid dienone is 3. The number of aromatic nitrogens is 2. The third-order valence-electron chi connectivity index (χ3n) is 4.38. The van der Waals surface area contributed by atoms with E-state index >= 15 is 0 Å². The molecule has 0 bridgehead atoms. The predicted octanol–water partition coefficient (Wildman–Crippen LogP) is 1.28. The molecule has 3 N–H and O–H groups in total. The largest absolute Gasteiger partial charge is 0.358 e. The summed E-state index contributed by atoms with van der Waals surface area (Å²) in [6.07, 6.45) is 14.2. The molecule has 0 spiro atoms. The van der Waals surface area contributed by atoms with Crippen LogP contribution in [0.5, 0.6) is 0 Å². The van der Waals surface area contributed by atoms with Crippen LogP contribution in [0.15, 0.2) is 84.7 Å². The van der Waals surface area contributed by atoms with Crippen molar-refractivity contribution in [3.8, 4) is 0 Å². The summed E-state index contributed by atoms with van der Waals surface area (Å²) in [6.45, 7) is 0.399. The Balaban J connectivity index is 1.49. The monoisotopic (exact) mass is 346 g/mol. The van der Waals surface area contributed by atoms with Crippen molar-refractivity contribution >= 4 is 5.91 Å². The van der Waals surface area contributed by atoms with Gasteiger partial charge < -0.3 is 15.5 Å². The zero-order valence-electron chi connectivity index (χ0n) is 14.2. The molecule has 2 aliphatic rings. The lowest BCUT2D eigenvalue weighted by atomic mass is 10.1. The summed E-state index contributed by atoms with van der Waals surface area (Å²) in [5, 5.41) is 6.32. The summed E-state index contributed by atoms with van der Waals surface area (Å²) in [6, 6.07) is 9.71. The molecule has 4 rings (SSSR count). The minimum Gasteiger partial charge on any atom is -0.358 e. The topological polar surface area (TPSA) is 71.4 Å². The van der Waals surface area contributed by atoms with Crippen molar-refractivity contribution in [2.45, 2.75) is 19.1 Å². The number of pyridine rings is 2. The van der Waals surface area contributed by atoms with Crippen LogP contribution in [0.4, 0.5) is 0 Å². The molecule has 130 valence electrons. The maximum Gasteiger partial charge on any atom is 0.269 e. The standard InChI is InChI=1S/C20H19N5O/c26-20(23-14-16-7-1-3-10-22-16)19-17-8-2-4-11-25(17)18(24-19)12-15-6-5-9-21-13-15/h1-11,13,18,24H,12,14H2,(H,23,26)/p+1. The Hall–Kier alpha value is -3.41. The van der Waals surface area contributed by atoms with Gasteiger partial charge in [0.1, 0.15) is 11.9 Å². The fourth-order valence-corrected chi connectivity index (χ4v) is 3.12. The van der Waals surface area contributed by atoms with Gasteiger partial charge in [-0.1, -0.05) is 12.1 Å². The van der Waals surface area contributed by atoms with Crippen LogP contribution in [0.3, 0.4) is 0 Å². The molecule has 0 radical (unpaired) electrons. The van der Waals surface area contributed by atoms with Crippen LogP contribution in [-0.2, 0) is 17.8 Å². The lowest BCUT2D eigenvalue weighted by Crippen LogP contribution is -2.38. The zero-order chi connectivity index (χ0) is 17.8. The van der Waals surface area contributed by atoms with E-state index in [2.05, 4.69) is 31.6 Å². The van der Waals surface area contributed by atoms with Gasteiger partial charge in [0.15, 0.2) is 12.4 Å². The maximum atomic E-state index is 12.7. The lowest BCUT2D eigenvalue weighted by molar-refractivity contribution is -0.378. The van der Waals surface area contributed by atoms with Crippen LogP contribution in [0.2, 0.25) is 0 Å². The van der Waals surface area contributed by atoms with Gasteiger partial charge in [-0.2, -0.15) is 0 Å². The SMILES string of the molecule is O=C(NCc1ccccn1)C1=C2C=CC=CN2C(Cc2ccc[nH+]c2)N1. The van der Waals surface area contributed by atoms with Crippen LogP contribution in [-0.4, -0.2) is 22.0 Å². The molecule has 0 aliphatic carbocycles. The number of fused-ring (bicyclic) bond motifs is 1. The highest BCUT2D eigenvalue weighted by atomic mass is 16.2. The Morgan fingerprint density at radius 2 is 2.23 bits per heavy atom. The molecule has 0 saturated heterocycles. The highest BCUT2D eigenvalue weighted by molar-refractivity contribution is 5.94. The summed E-state index contributed by atoms with van der Waals surface area (Å²) in [5.41, 5.74) is 3.47. The molecular weight excluding hydrogens is 326 g/mol. The van der Waals surface area contributed by atoms with E-state index in [-0.39, 0.29) is 12.1 Å². The highest BCUT2D eigenvalue weighted by Crippen LogP contribution is 2.26. The van der Waals surface area contributed by atoms with Crippen molar-refractivity contribution in [3.05, 3.63) is 96.0 Å². The number of amides is 1. The summed E-state index contributed by atoms with van der Waals surface area (Å²) in [5.74, 6) is -0.127. The second-order valence-corrected chi connectivity index (χ2v) is 6.15. The van der Waals surface area contributed by atoms with Crippen molar-refractivity contribution in [1.82, 2.24) is 20.5 Å². The van der Waals surface area contributed by atoms with Gasteiger partial charge in [0, 0.05) is 30.4 Å². The van der Waals surface area contributed by atoms with E-state index in [1.54, 1.807) is 6.20 Å². The Morgan fingerprint density at radius 1 is 1.27 bits per heavy atom. The van der Waals surface area contributed by atoms with Gasteiger partial charge in [-0.3, -0.25) is 9.78 Å². The summed E-state index contributed by atoms with van der Waals surface area (Å²) in [4.78, 5) is 22.2. The van der Waals surface area contributed by atoms with Gasteiger partial charge in [-0.25, -0.2) is 4.98 Å². The molecule has 6 nitrogen and oxygen atoms in total. The normalized spacial score (nSPS) is 17.8. The number of hydrogen-bond acceptors (Lipinski definition) is 4. The van der Waals surface area contributed by atoms with Gasteiger partial charge in [0.05, 0.1) is 17.9 Å². The molecule has 0 fully saturated rings. The van der Waals surface area contributed by atoms with Gasteiger partial charge in [0.25, 0.3) is 5.91 Å². The van der Waals surface area contributed by atoms with E-state index in [9.17, 15) is 4.79 Å². The number of H-pyrrole nitrogens is 1. The average molecular weight is 346 g/mol. The first kappa shape index (κ1) is 16.1. The van der Waals surface area contributed by atoms with E-state index in [1.165, 1.54) is 5.56 Å². The third-order valence-corrected chi connectivity index (χ3v) is 4.38. The minimum atomic E-state index is -0.127. The number of carbonyl (C=O) groups is 1. The number of aromatic amines is 1. The van der Waals surface area contributed by atoms with Crippen LogP contribution in [0.25, 0.3) is 0 Å². The molecular formula is C20H20N5O+. The number of rotatable bonds is 5. The Kier molecular flexibility index (Phi) is 4.47. The van der Waals surface area contributed by atoms with Gasteiger partial charge >= 0.3 is 0 Å². The molecule has 26 heavy (non-hydrogen) atoms. The summed E-state index contributed by atoms with van der Waals surface area (Å²) in [7, 11) is 0. The van der Waals surface area contributed by atoms with Gasteiger partial charge in [0.2, 0.25) is 0 Å². The van der Waals surface area contributed by atoms with E-state index < -0.39 is 0 Å². The Morgan fingerprint density at radius 3 is 3.04 bits per heavy atom. The number of carbonyl (C=O) groups excluding carboxylic acids is 1. The summed E-state index contributed by atoms with van der Waals surface area (Å²) < 4.78 is 0. The van der Waals surface area contributed by atoms with E-state index in [4.69, 9.17) is 0 Å². The molecule has 4 heterocycles. The fourth-order valence-electron chi connectivity index (χ4n) is 3.12. The van der Waals surface area contributed by atoms with Gasteiger partial charge in [-0.15, -0.1) is 0 Å². The van der Waals surface area contributed by atoms with E-state index in [1.807, 2.05) is 61.1 Å².